The van der Waals surface area contributed by atoms with Gasteiger partial charge in [0.1, 0.15) is 5.75 Å². The van der Waals surface area contributed by atoms with Crippen LogP contribution in [0.3, 0.4) is 0 Å². The number of ether oxygens (including phenoxy) is 2. The van der Waals surface area contributed by atoms with Gasteiger partial charge in [-0.05, 0) is 65.9 Å². The summed E-state index contributed by atoms with van der Waals surface area (Å²) in [6, 6.07) is 23.3. The zero-order chi connectivity index (χ0) is 24.7. The molecule has 190 valence electrons. The number of likely N-dealkylation sites (tertiary alicyclic amines) is 1. The summed E-state index contributed by atoms with van der Waals surface area (Å²) in [5.74, 6) is 1.32. The Bertz CT molecular complexity index is 1140. The van der Waals surface area contributed by atoms with Crippen molar-refractivity contribution >= 4 is 22.4 Å². The lowest BCUT2D eigenvalue weighted by Crippen LogP contribution is -2.53. The van der Waals surface area contributed by atoms with Gasteiger partial charge in [-0.1, -0.05) is 42.5 Å². The van der Waals surface area contributed by atoms with Crippen LogP contribution in [0.4, 0.5) is 5.69 Å². The largest absolute Gasteiger partial charge is 0.497 e. The molecule has 2 aliphatic heterocycles. The lowest BCUT2D eigenvalue weighted by atomic mass is 9.86. The van der Waals surface area contributed by atoms with Crippen LogP contribution in [-0.2, 0) is 16.1 Å². The topological polar surface area (TPSA) is 54.0 Å². The van der Waals surface area contributed by atoms with Gasteiger partial charge in [-0.25, -0.2) is 0 Å². The monoisotopic (exact) mass is 487 g/mol. The summed E-state index contributed by atoms with van der Waals surface area (Å²) in [5, 5.41) is 5.69. The number of hydrogen-bond acceptors (Lipinski definition) is 5. The van der Waals surface area contributed by atoms with Gasteiger partial charge in [0.25, 0.3) is 0 Å². The fourth-order valence-electron chi connectivity index (χ4n) is 5.80. The molecule has 1 amide bonds. The molecule has 6 nitrogen and oxygen atoms in total. The first-order valence-electron chi connectivity index (χ1n) is 13.1. The van der Waals surface area contributed by atoms with Crippen molar-refractivity contribution in [1.82, 2.24) is 9.80 Å². The molecule has 6 heteroatoms. The Kier molecular flexibility index (Phi) is 8.16. The predicted molar refractivity (Wildman–Crippen MR) is 144 cm³/mol. The standard InChI is InChI=1S/C30H37N3O3/c1-35-27-12-10-26(11-13-27)31-30(34)14-9-25-22-32(16-15-29(25)33-17-19-36-20-18-33)21-24-7-4-6-23-5-2-3-8-28(23)24/h2-8,10-13,25,29H,9,14-22H2,1H3,(H,31,34)/t25-,29+/m0/s1. The van der Waals surface area contributed by atoms with E-state index >= 15 is 0 Å². The highest BCUT2D eigenvalue weighted by Gasteiger charge is 2.34. The Balaban J connectivity index is 1.24. The van der Waals surface area contributed by atoms with Crippen molar-refractivity contribution in [3.05, 3.63) is 72.3 Å². The summed E-state index contributed by atoms with van der Waals surface area (Å²) in [6.07, 6.45) is 2.55. The molecule has 0 spiro atoms. The number of carbonyl (C=O) groups is 1. The highest BCUT2D eigenvalue weighted by molar-refractivity contribution is 5.90. The van der Waals surface area contributed by atoms with Crippen LogP contribution in [0.2, 0.25) is 0 Å². The maximum atomic E-state index is 12.8. The first-order chi connectivity index (χ1) is 17.7. The van der Waals surface area contributed by atoms with Crippen LogP contribution in [0.1, 0.15) is 24.8 Å². The van der Waals surface area contributed by atoms with Crippen LogP contribution in [0.25, 0.3) is 10.8 Å². The lowest BCUT2D eigenvalue weighted by Gasteiger charge is -2.45. The van der Waals surface area contributed by atoms with Crippen LogP contribution in [0, 0.1) is 5.92 Å². The maximum Gasteiger partial charge on any atom is 0.224 e. The average molecular weight is 488 g/mol. The molecule has 2 saturated heterocycles. The molecule has 0 aliphatic carbocycles. The quantitative estimate of drug-likeness (QED) is 0.495. The smallest absolute Gasteiger partial charge is 0.224 e. The van der Waals surface area contributed by atoms with E-state index in [1.54, 1.807) is 7.11 Å². The molecule has 2 aliphatic rings. The van der Waals surface area contributed by atoms with E-state index in [4.69, 9.17) is 9.47 Å². The van der Waals surface area contributed by atoms with Gasteiger partial charge in [0.15, 0.2) is 0 Å². The lowest BCUT2D eigenvalue weighted by molar-refractivity contribution is -0.116. The van der Waals surface area contributed by atoms with Gasteiger partial charge in [-0.3, -0.25) is 14.6 Å². The van der Waals surface area contributed by atoms with Crippen molar-refractivity contribution in [2.24, 2.45) is 5.92 Å². The Morgan fingerprint density at radius 3 is 2.58 bits per heavy atom. The number of morpholine rings is 1. The van der Waals surface area contributed by atoms with Crippen molar-refractivity contribution < 1.29 is 14.3 Å². The van der Waals surface area contributed by atoms with Gasteiger partial charge in [0.05, 0.1) is 20.3 Å². The van der Waals surface area contributed by atoms with E-state index in [0.717, 1.165) is 70.2 Å². The van der Waals surface area contributed by atoms with Gasteiger partial charge in [-0.15, -0.1) is 0 Å². The number of amides is 1. The number of nitrogens with zero attached hydrogens (tertiary/aromatic N) is 2. The van der Waals surface area contributed by atoms with Crippen LogP contribution in [0.5, 0.6) is 5.75 Å². The van der Waals surface area contributed by atoms with Crippen LogP contribution in [0.15, 0.2) is 66.7 Å². The van der Waals surface area contributed by atoms with Crippen molar-refractivity contribution in [2.45, 2.75) is 31.8 Å². The van der Waals surface area contributed by atoms with E-state index in [0.29, 0.717) is 18.4 Å². The van der Waals surface area contributed by atoms with Crippen LogP contribution in [-0.4, -0.2) is 68.3 Å². The van der Waals surface area contributed by atoms with Crippen LogP contribution < -0.4 is 10.1 Å². The third kappa shape index (κ3) is 6.06. The van der Waals surface area contributed by atoms with E-state index in [1.807, 2.05) is 24.3 Å². The molecule has 2 heterocycles. The molecular formula is C30H37N3O3. The summed E-state index contributed by atoms with van der Waals surface area (Å²) < 4.78 is 10.8. The number of fused-ring (bicyclic) bond motifs is 1. The first kappa shape index (κ1) is 24.8. The zero-order valence-corrected chi connectivity index (χ0v) is 21.2. The predicted octanol–water partition coefficient (Wildman–Crippen LogP) is 4.79. The molecule has 2 fully saturated rings. The molecule has 0 saturated carbocycles. The minimum atomic E-state index is 0.0760. The zero-order valence-electron chi connectivity index (χ0n) is 21.2. The minimum absolute atomic E-state index is 0.0760. The normalized spacial score (nSPS) is 21.4. The molecule has 3 aromatic rings. The third-order valence-electron chi connectivity index (χ3n) is 7.68. The number of methoxy groups -OCH3 is 1. The number of carbonyl (C=O) groups excluding carboxylic acids is 1. The number of rotatable bonds is 8. The molecule has 0 aromatic heterocycles. The molecular weight excluding hydrogens is 450 g/mol. The van der Waals surface area contributed by atoms with Gasteiger partial charge < -0.3 is 14.8 Å². The van der Waals surface area contributed by atoms with Crippen molar-refractivity contribution in [2.75, 3.05) is 51.8 Å². The van der Waals surface area contributed by atoms with Crippen LogP contribution >= 0.6 is 0 Å². The molecule has 3 aromatic carbocycles. The SMILES string of the molecule is COc1ccc(NC(=O)CC[C@H]2CN(Cc3cccc4ccccc34)CC[C@H]2N2CCOCC2)cc1. The summed E-state index contributed by atoms with van der Waals surface area (Å²) in [5.41, 5.74) is 2.20. The number of piperidine rings is 1. The van der Waals surface area contributed by atoms with Gasteiger partial charge in [0.2, 0.25) is 5.91 Å². The fraction of sp³-hybridized carbons (Fsp3) is 0.433. The van der Waals surface area contributed by atoms with Crippen molar-refractivity contribution in [1.29, 1.82) is 0 Å². The summed E-state index contributed by atoms with van der Waals surface area (Å²) >= 11 is 0. The minimum Gasteiger partial charge on any atom is -0.497 e. The van der Waals surface area contributed by atoms with Gasteiger partial charge in [-0.2, -0.15) is 0 Å². The number of benzene rings is 3. The second kappa shape index (κ2) is 11.9. The maximum absolute atomic E-state index is 12.8. The number of hydrogen-bond donors (Lipinski definition) is 1. The molecule has 5 rings (SSSR count). The van der Waals surface area contributed by atoms with Gasteiger partial charge in [0, 0.05) is 44.3 Å². The van der Waals surface area contributed by atoms with E-state index in [-0.39, 0.29) is 5.91 Å². The third-order valence-corrected chi connectivity index (χ3v) is 7.68. The Morgan fingerprint density at radius 1 is 1.00 bits per heavy atom. The van der Waals surface area contributed by atoms with E-state index < -0.39 is 0 Å². The highest BCUT2D eigenvalue weighted by atomic mass is 16.5. The Hall–Kier alpha value is -2.93. The number of anilines is 1. The summed E-state index contributed by atoms with van der Waals surface area (Å²) in [4.78, 5) is 18.0. The summed E-state index contributed by atoms with van der Waals surface area (Å²) in [6.45, 7) is 6.64. The average Bonchev–Trinajstić information content (AvgIpc) is 2.93. The second-order valence-corrected chi connectivity index (χ2v) is 9.95. The number of nitrogens with one attached hydrogen (secondary N) is 1. The van der Waals surface area contributed by atoms with Gasteiger partial charge >= 0.3 is 0 Å². The Labute approximate surface area is 214 Å². The van der Waals surface area contributed by atoms with E-state index in [2.05, 4.69) is 57.6 Å². The second-order valence-electron chi connectivity index (χ2n) is 9.95. The van der Waals surface area contributed by atoms with E-state index in [1.165, 1.54) is 16.3 Å². The highest BCUT2D eigenvalue weighted by Crippen LogP contribution is 2.29. The molecule has 0 bridgehead atoms. The molecule has 1 N–H and O–H groups in total. The summed E-state index contributed by atoms with van der Waals surface area (Å²) in [7, 11) is 1.65. The van der Waals surface area contributed by atoms with Crippen molar-refractivity contribution in [3.8, 4) is 5.75 Å². The fourth-order valence-corrected chi connectivity index (χ4v) is 5.80. The molecule has 2 atom stereocenters. The molecule has 36 heavy (non-hydrogen) atoms. The Morgan fingerprint density at radius 2 is 1.78 bits per heavy atom. The van der Waals surface area contributed by atoms with E-state index in [9.17, 15) is 4.79 Å². The van der Waals surface area contributed by atoms with Crippen molar-refractivity contribution in [3.63, 3.8) is 0 Å². The first-order valence-corrected chi connectivity index (χ1v) is 13.1. The molecule has 0 radical (unpaired) electrons. The molecule has 0 unspecified atom stereocenters.